The molecular weight excluding hydrogens is 391 g/mol. The molecule has 4 rings (SSSR count). The van der Waals surface area contributed by atoms with E-state index in [1.165, 1.54) is 12.8 Å². The largest absolute Gasteiger partial charge is 0.490 e. The SMILES string of the molecule is O=C(O)C(F)(F)F.O=S(=O)(C1CC1)N1Cc2[nH]nc(COCC3CC3)c2C1. The Kier molecular flexibility index (Phi) is 5.50. The number of H-pyrrole nitrogens is 1. The van der Waals surface area contributed by atoms with Crippen molar-refractivity contribution in [1.82, 2.24) is 14.5 Å². The number of aromatic amines is 1. The van der Waals surface area contributed by atoms with Crippen molar-refractivity contribution in [1.29, 1.82) is 0 Å². The highest BCUT2D eigenvalue weighted by Crippen LogP contribution is 2.36. The predicted octanol–water partition coefficient (Wildman–Crippen LogP) is 1.78. The van der Waals surface area contributed by atoms with Crippen molar-refractivity contribution < 1.29 is 36.2 Å². The molecule has 0 saturated heterocycles. The molecule has 2 fully saturated rings. The number of nitrogens with one attached hydrogen (secondary N) is 1. The van der Waals surface area contributed by atoms with Crippen LogP contribution in [0, 0.1) is 5.92 Å². The highest BCUT2D eigenvalue weighted by molar-refractivity contribution is 7.90. The molecule has 27 heavy (non-hydrogen) atoms. The lowest BCUT2D eigenvalue weighted by atomic mass is 10.2. The minimum absolute atomic E-state index is 0.144. The van der Waals surface area contributed by atoms with Crippen LogP contribution in [-0.2, 0) is 39.3 Å². The second-order valence-electron chi connectivity index (χ2n) is 6.90. The van der Waals surface area contributed by atoms with E-state index in [9.17, 15) is 21.6 Å². The number of ether oxygens (including phenoxy) is 1. The molecule has 0 bridgehead atoms. The lowest BCUT2D eigenvalue weighted by molar-refractivity contribution is -0.192. The first-order valence-electron chi connectivity index (χ1n) is 8.51. The standard InChI is InChI=1S/C13H19N3O3S.C2HF3O2/c17-20(18,10-3-4-10)16-5-11-12(6-16)14-15-13(11)8-19-7-9-1-2-9;3-2(4,5)1(6)7/h9-10H,1-8H2,(H,14,15);(H,6,7). The molecule has 2 heterocycles. The zero-order valence-electron chi connectivity index (χ0n) is 14.3. The van der Waals surface area contributed by atoms with Crippen LogP contribution in [0.1, 0.15) is 42.6 Å². The summed E-state index contributed by atoms with van der Waals surface area (Å²) in [4.78, 5) is 8.90. The maximum absolute atomic E-state index is 12.2. The molecule has 3 aliphatic rings. The van der Waals surface area contributed by atoms with E-state index in [0.717, 1.165) is 42.3 Å². The Morgan fingerprint density at radius 2 is 1.89 bits per heavy atom. The number of hydrogen-bond donors (Lipinski definition) is 2. The highest BCUT2D eigenvalue weighted by atomic mass is 32.2. The summed E-state index contributed by atoms with van der Waals surface area (Å²) in [5, 5.41) is 14.2. The quantitative estimate of drug-likeness (QED) is 0.738. The van der Waals surface area contributed by atoms with Gasteiger partial charge in [0.1, 0.15) is 0 Å². The van der Waals surface area contributed by atoms with E-state index in [2.05, 4.69) is 10.2 Å². The molecule has 1 aliphatic heterocycles. The number of carboxylic acid groups (broad SMARTS) is 1. The second kappa shape index (κ2) is 7.40. The number of halogens is 3. The number of sulfonamides is 1. The maximum atomic E-state index is 12.2. The van der Waals surface area contributed by atoms with E-state index in [-0.39, 0.29) is 5.25 Å². The molecule has 0 spiro atoms. The Morgan fingerprint density at radius 1 is 1.26 bits per heavy atom. The zero-order chi connectivity index (χ0) is 19.8. The molecule has 0 amide bonds. The summed E-state index contributed by atoms with van der Waals surface area (Å²) < 4.78 is 63.5. The number of carbonyl (C=O) groups is 1. The van der Waals surface area contributed by atoms with Crippen LogP contribution in [0.3, 0.4) is 0 Å². The number of aliphatic carboxylic acids is 1. The second-order valence-corrected chi connectivity index (χ2v) is 9.11. The van der Waals surface area contributed by atoms with Gasteiger partial charge in [0.2, 0.25) is 10.0 Å². The summed E-state index contributed by atoms with van der Waals surface area (Å²) in [5.74, 6) is -2.03. The lowest BCUT2D eigenvalue weighted by Gasteiger charge is -2.15. The van der Waals surface area contributed by atoms with Crippen LogP contribution < -0.4 is 0 Å². The molecule has 0 radical (unpaired) electrons. The van der Waals surface area contributed by atoms with Gasteiger partial charge in [-0.1, -0.05) is 0 Å². The van der Waals surface area contributed by atoms with Gasteiger partial charge in [0, 0.05) is 18.7 Å². The van der Waals surface area contributed by atoms with E-state index < -0.39 is 22.2 Å². The molecule has 1 aromatic rings. The number of carboxylic acids is 1. The van der Waals surface area contributed by atoms with Crippen LogP contribution >= 0.6 is 0 Å². The summed E-state index contributed by atoms with van der Waals surface area (Å²) >= 11 is 0. The molecule has 2 saturated carbocycles. The molecule has 8 nitrogen and oxygen atoms in total. The summed E-state index contributed by atoms with van der Waals surface area (Å²) in [6.07, 6.45) is -0.928. The normalized spacial score (nSPS) is 20.1. The third-order valence-electron chi connectivity index (χ3n) is 4.54. The van der Waals surface area contributed by atoms with E-state index in [4.69, 9.17) is 14.6 Å². The Morgan fingerprint density at radius 3 is 2.41 bits per heavy atom. The first kappa shape index (κ1) is 20.1. The maximum Gasteiger partial charge on any atom is 0.490 e. The van der Waals surface area contributed by atoms with Gasteiger partial charge in [0.25, 0.3) is 0 Å². The molecule has 2 aliphatic carbocycles. The third-order valence-corrected chi connectivity index (χ3v) is 6.84. The van der Waals surface area contributed by atoms with Crippen LogP contribution in [0.15, 0.2) is 0 Å². The Labute approximate surface area is 153 Å². The van der Waals surface area contributed by atoms with Gasteiger partial charge in [0.05, 0.1) is 29.8 Å². The Balaban J connectivity index is 0.000000260. The molecular formula is C15H20F3N3O5S. The van der Waals surface area contributed by atoms with Crippen LogP contribution in [-0.4, -0.2) is 52.0 Å². The lowest BCUT2D eigenvalue weighted by Crippen LogP contribution is -2.29. The zero-order valence-corrected chi connectivity index (χ0v) is 15.1. The molecule has 1 aromatic heterocycles. The number of nitrogens with zero attached hydrogens (tertiary/aromatic N) is 2. The monoisotopic (exact) mass is 411 g/mol. The van der Waals surface area contributed by atoms with Crippen molar-refractivity contribution in [2.24, 2.45) is 5.92 Å². The first-order chi connectivity index (χ1) is 12.6. The third kappa shape index (κ3) is 4.99. The summed E-state index contributed by atoms with van der Waals surface area (Å²) in [5.41, 5.74) is 2.82. The van der Waals surface area contributed by atoms with Gasteiger partial charge in [-0.15, -0.1) is 0 Å². The van der Waals surface area contributed by atoms with Gasteiger partial charge >= 0.3 is 12.1 Å². The number of alkyl halides is 3. The highest BCUT2D eigenvalue weighted by Gasteiger charge is 2.43. The van der Waals surface area contributed by atoms with Crippen LogP contribution in [0.2, 0.25) is 0 Å². The fraction of sp³-hybridized carbons (Fsp3) is 0.733. The van der Waals surface area contributed by atoms with Gasteiger partial charge in [-0.05, 0) is 31.6 Å². The van der Waals surface area contributed by atoms with Gasteiger partial charge in [-0.2, -0.15) is 22.6 Å². The van der Waals surface area contributed by atoms with E-state index in [0.29, 0.717) is 19.7 Å². The summed E-state index contributed by atoms with van der Waals surface area (Å²) in [6.45, 7) is 2.17. The average molecular weight is 411 g/mol. The average Bonchev–Trinajstić information content (AvgIpc) is 3.47. The fourth-order valence-corrected chi connectivity index (χ4v) is 4.42. The van der Waals surface area contributed by atoms with Crippen LogP contribution in [0.5, 0.6) is 0 Å². The fourth-order valence-electron chi connectivity index (χ4n) is 2.65. The predicted molar refractivity (Wildman–Crippen MR) is 85.8 cm³/mol. The molecule has 0 unspecified atom stereocenters. The molecule has 0 aromatic carbocycles. The number of aromatic nitrogens is 2. The molecule has 2 N–H and O–H groups in total. The summed E-state index contributed by atoms with van der Waals surface area (Å²) in [7, 11) is -3.10. The Bertz CT molecular complexity index is 800. The Hall–Kier alpha value is -1.66. The summed E-state index contributed by atoms with van der Waals surface area (Å²) in [6, 6.07) is 0. The number of fused-ring (bicyclic) bond motifs is 1. The van der Waals surface area contributed by atoms with E-state index >= 15 is 0 Å². The number of hydrogen-bond acceptors (Lipinski definition) is 5. The van der Waals surface area contributed by atoms with Crippen molar-refractivity contribution in [2.45, 2.75) is 56.8 Å². The first-order valence-corrected chi connectivity index (χ1v) is 10.0. The smallest absolute Gasteiger partial charge is 0.475 e. The van der Waals surface area contributed by atoms with Crippen molar-refractivity contribution in [3.8, 4) is 0 Å². The molecule has 152 valence electrons. The minimum Gasteiger partial charge on any atom is -0.475 e. The topological polar surface area (TPSA) is 113 Å². The van der Waals surface area contributed by atoms with Gasteiger partial charge < -0.3 is 9.84 Å². The molecule has 12 heteroatoms. The van der Waals surface area contributed by atoms with Crippen molar-refractivity contribution in [3.05, 3.63) is 17.0 Å². The van der Waals surface area contributed by atoms with E-state index in [1.807, 2.05) is 0 Å². The van der Waals surface area contributed by atoms with Crippen LogP contribution in [0.25, 0.3) is 0 Å². The van der Waals surface area contributed by atoms with E-state index in [1.54, 1.807) is 4.31 Å². The van der Waals surface area contributed by atoms with Crippen molar-refractivity contribution in [2.75, 3.05) is 6.61 Å². The molecule has 0 atom stereocenters. The van der Waals surface area contributed by atoms with Gasteiger partial charge in [0.15, 0.2) is 0 Å². The van der Waals surface area contributed by atoms with Crippen molar-refractivity contribution >= 4 is 16.0 Å². The van der Waals surface area contributed by atoms with Crippen LogP contribution in [0.4, 0.5) is 13.2 Å². The minimum atomic E-state index is -5.08. The van der Waals surface area contributed by atoms with Crippen molar-refractivity contribution in [3.63, 3.8) is 0 Å². The van der Waals surface area contributed by atoms with Gasteiger partial charge in [-0.25, -0.2) is 13.2 Å². The number of rotatable bonds is 6. The van der Waals surface area contributed by atoms with Gasteiger partial charge in [-0.3, -0.25) is 5.10 Å².